The fourth-order valence-electron chi connectivity index (χ4n) is 5.40. The number of fused-ring (bicyclic) bond motifs is 3. The Labute approximate surface area is 206 Å². The molecule has 0 bridgehead atoms. The minimum atomic E-state index is -0.0769. The molecule has 5 rings (SSSR count). The molecule has 3 aromatic rings. The molecule has 0 radical (unpaired) electrons. The van der Waals surface area contributed by atoms with E-state index in [1.54, 1.807) is 36.2 Å². The van der Waals surface area contributed by atoms with Crippen molar-refractivity contribution >= 4 is 23.2 Å². The minimum Gasteiger partial charge on any atom is -0.484 e. The molecule has 0 spiro atoms. The number of quaternary nitrogens is 1. The lowest BCUT2D eigenvalue weighted by molar-refractivity contribution is -0.886. The van der Waals surface area contributed by atoms with Crippen LogP contribution in [-0.4, -0.2) is 51.6 Å². The third-order valence-electron chi connectivity index (χ3n) is 7.25. The number of hydrogen-bond acceptors (Lipinski definition) is 3. The van der Waals surface area contributed by atoms with Crippen molar-refractivity contribution in [2.24, 2.45) is 0 Å². The summed E-state index contributed by atoms with van der Waals surface area (Å²) in [6, 6.07) is 23.1. The van der Waals surface area contributed by atoms with Gasteiger partial charge in [0.2, 0.25) is 0 Å². The molecule has 3 aromatic carbocycles. The fraction of sp³-hybridized carbons (Fsp3) is 0.310. The van der Waals surface area contributed by atoms with Gasteiger partial charge in [-0.05, 0) is 55.0 Å². The quantitative estimate of drug-likeness (QED) is 0.624. The van der Waals surface area contributed by atoms with Gasteiger partial charge >= 0.3 is 0 Å². The summed E-state index contributed by atoms with van der Waals surface area (Å²) in [5.74, 6) is 0.893. The van der Waals surface area contributed by atoms with Crippen LogP contribution in [0.1, 0.15) is 33.8 Å². The van der Waals surface area contributed by atoms with E-state index in [4.69, 9.17) is 4.74 Å². The van der Waals surface area contributed by atoms with Crippen LogP contribution in [0.15, 0.2) is 72.8 Å². The maximum absolute atomic E-state index is 13.4. The van der Waals surface area contributed by atoms with Gasteiger partial charge in [0.05, 0.1) is 32.1 Å². The van der Waals surface area contributed by atoms with Crippen LogP contribution in [0.5, 0.6) is 5.75 Å². The average molecular weight is 471 g/mol. The number of carbonyl (C=O) groups excluding carboxylic acids is 2. The predicted molar refractivity (Wildman–Crippen MR) is 138 cm³/mol. The minimum absolute atomic E-state index is 0.0115. The number of rotatable bonds is 5. The number of likely N-dealkylation sites (tertiary alicyclic amines) is 1. The smallest absolute Gasteiger partial charge is 0.265 e. The SMILES string of the molecule is Cc1ccc2c(c1)[C@H]1C[NH+](C)CC[C@@H]1N2C(=O)COc1ccc(N(C)C(=O)c2ccccc2)cc1. The summed E-state index contributed by atoms with van der Waals surface area (Å²) in [5.41, 5.74) is 4.95. The Kier molecular flexibility index (Phi) is 6.31. The van der Waals surface area contributed by atoms with Gasteiger partial charge in [0, 0.05) is 30.4 Å². The fourth-order valence-corrected chi connectivity index (χ4v) is 5.40. The lowest BCUT2D eigenvalue weighted by Gasteiger charge is -2.34. The van der Waals surface area contributed by atoms with Crippen LogP contribution in [0.3, 0.4) is 0 Å². The monoisotopic (exact) mass is 470 g/mol. The summed E-state index contributed by atoms with van der Waals surface area (Å²) in [6.07, 6.45) is 0.993. The first kappa shape index (κ1) is 23.1. The number of carbonyl (C=O) groups is 2. The Bertz CT molecular complexity index is 1230. The van der Waals surface area contributed by atoms with Crippen molar-refractivity contribution in [2.45, 2.75) is 25.3 Å². The molecule has 2 aliphatic heterocycles. The van der Waals surface area contributed by atoms with Crippen molar-refractivity contribution in [1.29, 1.82) is 0 Å². The van der Waals surface area contributed by atoms with Crippen LogP contribution < -0.4 is 19.4 Å². The second kappa shape index (κ2) is 9.55. The molecule has 180 valence electrons. The number of anilines is 2. The molecule has 35 heavy (non-hydrogen) atoms. The first-order chi connectivity index (χ1) is 16.9. The second-order valence-corrected chi connectivity index (χ2v) is 9.71. The normalized spacial score (nSPS) is 20.7. The highest BCUT2D eigenvalue weighted by atomic mass is 16.5. The van der Waals surface area contributed by atoms with Crippen molar-refractivity contribution < 1.29 is 19.2 Å². The molecule has 2 aliphatic rings. The lowest BCUT2D eigenvalue weighted by Crippen LogP contribution is -3.11. The van der Waals surface area contributed by atoms with E-state index in [1.165, 1.54) is 16.0 Å². The molecule has 0 aromatic heterocycles. The largest absolute Gasteiger partial charge is 0.484 e. The molecule has 6 heteroatoms. The van der Waals surface area contributed by atoms with Gasteiger partial charge in [-0.1, -0.05) is 35.9 Å². The number of amides is 2. The molecule has 1 unspecified atom stereocenters. The summed E-state index contributed by atoms with van der Waals surface area (Å²) in [7, 11) is 3.98. The first-order valence-electron chi connectivity index (χ1n) is 12.2. The predicted octanol–water partition coefficient (Wildman–Crippen LogP) is 3.07. The van der Waals surface area contributed by atoms with Crippen molar-refractivity contribution in [1.82, 2.24) is 0 Å². The maximum Gasteiger partial charge on any atom is 0.265 e. The van der Waals surface area contributed by atoms with Gasteiger partial charge in [-0.25, -0.2) is 0 Å². The summed E-state index contributed by atoms with van der Waals surface area (Å²) in [6.45, 7) is 4.20. The van der Waals surface area contributed by atoms with E-state index in [1.807, 2.05) is 35.2 Å². The molecule has 2 heterocycles. The number of nitrogens with zero attached hydrogens (tertiary/aromatic N) is 2. The van der Waals surface area contributed by atoms with Crippen molar-refractivity contribution in [2.75, 3.05) is 43.6 Å². The van der Waals surface area contributed by atoms with Crippen molar-refractivity contribution in [3.05, 3.63) is 89.5 Å². The molecule has 0 aliphatic carbocycles. The Morgan fingerprint density at radius 2 is 1.80 bits per heavy atom. The van der Waals surface area contributed by atoms with Crippen LogP contribution >= 0.6 is 0 Å². The highest BCUT2D eigenvalue weighted by Gasteiger charge is 2.45. The van der Waals surface area contributed by atoms with E-state index in [-0.39, 0.29) is 24.5 Å². The third kappa shape index (κ3) is 4.54. The number of ether oxygens (including phenoxy) is 1. The number of likely N-dealkylation sites (N-methyl/N-ethyl adjacent to an activating group) is 1. The van der Waals surface area contributed by atoms with Crippen LogP contribution in [0, 0.1) is 6.92 Å². The number of benzene rings is 3. The summed E-state index contributed by atoms with van der Waals surface area (Å²) in [5, 5.41) is 0. The van der Waals surface area contributed by atoms with Crippen molar-refractivity contribution in [3.63, 3.8) is 0 Å². The maximum atomic E-state index is 13.4. The highest BCUT2D eigenvalue weighted by Crippen LogP contribution is 2.43. The Hall–Kier alpha value is -3.64. The molecule has 2 amide bonds. The molecule has 0 saturated carbocycles. The average Bonchev–Trinajstić information content (AvgIpc) is 3.20. The molecule has 3 atom stereocenters. The standard InChI is InChI=1S/C29H31N3O3/c1-20-9-14-26-24(17-20)25-18-30(2)16-15-27(25)32(26)28(33)19-35-23-12-10-22(11-13-23)31(3)29(34)21-7-5-4-6-8-21/h4-14,17,25,27H,15-16,18-19H2,1-3H3/p+1/t25-,27+/m1/s1. The van der Waals surface area contributed by atoms with E-state index in [9.17, 15) is 9.59 Å². The first-order valence-corrected chi connectivity index (χ1v) is 12.2. The van der Waals surface area contributed by atoms with Gasteiger partial charge in [-0.3, -0.25) is 9.59 Å². The summed E-state index contributed by atoms with van der Waals surface area (Å²) < 4.78 is 5.90. The molecule has 1 N–H and O–H groups in total. The lowest BCUT2D eigenvalue weighted by atomic mass is 9.89. The topological polar surface area (TPSA) is 54.3 Å². The molecular weight excluding hydrogens is 438 g/mol. The van der Waals surface area contributed by atoms with E-state index < -0.39 is 0 Å². The Balaban J connectivity index is 1.26. The zero-order valence-electron chi connectivity index (χ0n) is 20.5. The number of aryl methyl sites for hydroxylation is 1. The number of piperidine rings is 1. The highest BCUT2D eigenvalue weighted by molar-refractivity contribution is 6.05. The van der Waals surface area contributed by atoms with Crippen LogP contribution in [0.4, 0.5) is 11.4 Å². The third-order valence-corrected chi connectivity index (χ3v) is 7.25. The molecule has 1 fully saturated rings. The number of hydrogen-bond donors (Lipinski definition) is 1. The van der Waals surface area contributed by atoms with E-state index in [0.717, 1.165) is 30.9 Å². The Morgan fingerprint density at radius 1 is 1.06 bits per heavy atom. The van der Waals surface area contributed by atoms with Gasteiger partial charge in [-0.15, -0.1) is 0 Å². The van der Waals surface area contributed by atoms with Gasteiger partial charge < -0.3 is 19.4 Å². The zero-order chi connectivity index (χ0) is 24.5. The van der Waals surface area contributed by atoms with Crippen molar-refractivity contribution in [3.8, 4) is 5.75 Å². The molecule has 1 saturated heterocycles. The number of nitrogens with one attached hydrogen (secondary N) is 1. The second-order valence-electron chi connectivity index (χ2n) is 9.71. The van der Waals surface area contributed by atoms with Gasteiger partial charge in [0.25, 0.3) is 11.8 Å². The molecule has 6 nitrogen and oxygen atoms in total. The molecular formula is C29H32N3O3+. The van der Waals surface area contributed by atoms with Crippen LogP contribution in [0.25, 0.3) is 0 Å². The van der Waals surface area contributed by atoms with Gasteiger partial charge in [0.15, 0.2) is 6.61 Å². The van der Waals surface area contributed by atoms with Crippen LogP contribution in [-0.2, 0) is 4.79 Å². The summed E-state index contributed by atoms with van der Waals surface area (Å²) in [4.78, 5) is 31.2. The Morgan fingerprint density at radius 3 is 2.54 bits per heavy atom. The van der Waals surface area contributed by atoms with Crippen LogP contribution in [0.2, 0.25) is 0 Å². The van der Waals surface area contributed by atoms with E-state index in [0.29, 0.717) is 17.2 Å². The summed E-state index contributed by atoms with van der Waals surface area (Å²) >= 11 is 0. The van der Waals surface area contributed by atoms with Gasteiger partial charge in [-0.2, -0.15) is 0 Å². The zero-order valence-corrected chi connectivity index (χ0v) is 20.5. The van der Waals surface area contributed by atoms with E-state index in [2.05, 4.69) is 32.2 Å². The van der Waals surface area contributed by atoms with E-state index >= 15 is 0 Å². The van der Waals surface area contributed by atoms with Gasteiger partial charge in [0.1, 0.15) is 5.75 Å².